The third-order valence-corrected chi connectivity index (χ3v) is 8.65. The lowest BCUT2D eigenvalue weighted by molar-refractivity contribution is 0.238. The van der Waals surface area contributed by atoms with Gasteiger partial charge in [-0.3, -0.25) is 0 Å². The molecule has 3 heterocycles. The van der Waals surface area contributed by atoms with Crippen LogP contribution in [-0.2, 0) is 9.84 Å². The van der Waals surface area contributed by atoms with Gasteiger partial charge < -0.3 is 19.7 Å². The Balaban J connectivity index is 1.33. The molecule has 2 fully saturated rings. The fourth-order valence-electron chi connectivity index (χ4n) is 5.20. The molecule has 1 N–H and O–H groups in total. The Bertz CT molecular complexity index is 1270. The lowest BCUT2D eigenvalue weighted by atomic mass is 9.86. The van der Waals surface area contributed by atoms with Gasteiger partial charge in [-0.15, -0.1) is 0 Å². The average Bonchev–Trinajstić information content (AvgIpc) is 3.03. The van der Waals surface area contributed by atoms with E-state index in [0.29, 0.717) is 17.0 Å². The summed E-state index contributed by atoms with van der Waals surface area (Å²) in [5.74, 6) is 1.04. The minimum atomic E-state index is -3.17. The molecule has 1 aromatic carbocycles. The molecule has 2 aromatic heterocycles. The van der Waals surface area contributed by atoms with E-state index in [-0.39, 0.29) is 0 Å². The van der Waals surface area contributed by atoms with Gasteiger partial charge in [0.15, 0.2) is 9.84 Å². The molecule has 2 aliphatic rings. The van der Waals surface area contributed by atoms with Crippen molar-refractivity contribution in [2.45, 2.75) is 43.7 Å². The molecule has 1 aliphatic carbocycles. The van der Waals surface area contributed by atoms with Crippen molar-refractivity contribution >= 4 is 32.4 Å². The Morgan fingerprint density at radius 1 is 0.939 bits per heavy atom. The van der Waals surface area contributed by atoms with Gasteiger partial charge in [0.2, 0.25) is 0 Å². The summed E-state index contributed by atoms with van der Waals surface area (Å²) >= 11 is 0. The molecule has 8 heteroatoms. The molecule has 1 saturated carbocycles. The molecule has 5 rings (SSSR count). The van der Waals surface area contributed by atoms with Crippen LogP contribution in [0.1, 0.15) is 30.1 Å². The Kier molecular flexibility index (Phi) is 5.61. The number of hydrogen-bond acceptors (Lipinski definition) is 6. The van der Waals surface area contributed by atoms with Gasteiger partial charge in [-0.1, -0.05) is 0 Å². The normalized spacial score (nSPS) is 21.5. The summed E-state index contributed by atoms with van der Waals surface area (Å²) < 4.78 is 25.9. The van der Waals surface area contributed by atoms with Crippen LogP contribution >= 0.6 is 0 Å². The SMILES string of the molecule is CNC1CC(n2c(C)c(C)c3ccc(N4CCN(c5ccc(S(C)(=O)=O)cc5)CC4)nc32)C1. The lowest BCUT2D eigenvalue weighted by Gasteiger charge is -2.38. The van der Waals surface area contributed by atoms with Gasteiger partial charge in [-0.25, -0.2) is 13.4 Å². The van der Waals surface area contributed by atoms with E-state index >= 15 is 0 Å². The predicted octanol–water partition coefficient (Wildman–Crippen LogP) is 3.31. The number of piperazine rings is 1. The van der Waals surface area contributed by atoms with Crippen molar-refractivity contribution in [3.8, 4) is 0 Å². The first-order valence-electron chi connectivity index (χ1n) is 11.7. The van der Waals surface area contributed by atoms with E-state index in [1.54, 1.807) is 12.1 Å². The second-order valence-corrected chi connectivity index (χ2v) is 11.5. The summed E-state index contributed by atoms with van der Waals surface area (Å²) in [6.07, 6.45) is 3.56. The van der Waals surface area contributed by atoms with Crippen molar-refractivity contribution in [1.82, 2.24) is 14.9 Å². The molecule has 0 spiro atoms. The summed E-state index contributed by atoms with van der Waals surface area (Å²) in [5, 5.41) is 4.65. The Hall–Kier alpha value is -2.58. The van der Waals surface area contributed by atoms with Crippen LogP contribution in [0.25, 0.3) is 11.0 Å². The zero-order valence-corrected chi connectivity index (χ0v) is 20.7. The van der Waals surface area contributed by atoms with Crippen LogP contribution in [0.4, 0.5) is 11.5 Å². The Labute approximate surface area is 196 Å². The number of hydrogen-bond donors (Lipinski definition) is 1. The molecular weight excluding hydrogens is 434 g/mol. The maximum Gasteiger partial charge on any atom is 0.175 e. The molecule has 0 radical (unpaired) electrons. The molecule has 176 valence electrons. The smallest absolute Gasteiger partial charge is 0.175 e. The van der Waals surface area contributed by atoms with Crippen LogP contribution in [0.2, 0.25) is 0 Å². The van der Waals surface area contributed by atoms with Crippen LogP contribution in [-0.4, -0.2) is 63.5 Å². The molecule has 33 heavy (non-hydrogen) atoms. The Morgan fingerprint density at radius 2 is 1.58 bits per heavy atom. The summed E-state index contributed by atoms with van der Waals surface area (Å²) in [7, 11) is -1.12. The van der Waals surface area contributed by atoms with Gasteiger partial charge in [-0.2, -0.15) is 0 Å². The number of nitrogens with one attached hydrogen (secondary N) is 1. The first kappa shape index (κ1) is 22.2. The second-order valence-electron chi connectivity index (χ2n) is 9.47. The fraction of sp³-hybridized carbons (Fsp3) is 0.480. The quantitative estimate of drug-likeness (QED) is 0.621. The number of anilines is 2. The zero-order valence-electron chi connectivity index (χ0n) is 19.9. The molecule has 1 saturated heterocycles. The number of benzene rings is 1. The van der Waals surface area contributed by atoms with E-state index in [9.17, 15) is 8.42 Å². The molecule has 3 aromatic rings. The van der Waals surface area contributed by atoms with Gasteiger partial charge in [0.05, 0.1) is 4.90 Å². The molecule has 0 amide bonds. The summed E-state index contributed by atoms with van der Waals surface area (Å²) in [5.41, 5.74) is 4.84. The van der Waals surface area contributed by atoms with Crippen molar-refractivity contribution in [3.63, 3.8) is 0 Å². The number of nitrogens with zero attached hydrogens (tertiary/aromatic N) is 4. The Morgan fingerprint density at radius 3 is 2.18 bits per heavy atom. The van der Waals surface area contributed by atoms with E-state index < -0.39 is 9.84 Å². The number of pyridine rings is 1. The van der Waals surface area contributed by atoms with Gasteiger partial charge in [-0.05, 0) is 75.7 Å². The van der Waals surface area contributed by atoms with Gasteiger partial charge >= 0.3 is 0 Å². The highest BCUT2D eigenvalue weighted by molar-refractivity contribution is 7.90. The minimum absolute atomic E-state index is 0.364. The van der Waals surface area contributed by atoms with Crippen LogP contribution in [0.15, 0.2) is 41.3 Å². The number of aryl methyl sites for hydroxylation is 1. The molecule has 0 unspecified atom stereocenters. The van der Waals surface area contributed by atoms with Crippen molar-refractivity contribution in [3.05, 3.63) is 47.7 Å². The first-order valence-corrected chi connectivity index (χ1v) is 13.6. The molecule has 0 atom stereocenters. The maximum atomic E-state index is 11.7. The largest absolute Gasteiger partial charge is 0.368 e. The topological polar surface area (TPSA) is 70.5 Å². The number of sulfone groups is 1. The van der Waals surface area contributed by atoms with Crippen LogP contribution in [0, 0.1) is 13.8 Å². The van der Waals surface area contributed by atoms with E-state index in [4.69, 9.17) is 4.98 Å². The molecular formula is C25H33N5O2S. The van der Waals surface area contributed by atoms with Crippen molar-refractivity contribution in [2.24, 2.45) is 0 Å². The third kappa shape index (κ3) is 3.99. The summed E-state index contributed by atoms with van der Waals surface area (Å²) in [6.45, 7) is 7.95. The van der Waals surface area contributed by atoms with Crippen molar-refractivity contribution < 1.29 is 8.42 Å². The number of aromatic nitrogens is 2. The van der Waals surface area contributed by atoms with Crippen LogP contribution in [0.5, 0.6) is 0 Å². The first-order chi connectivity index (χ1) is 15.8. The molecule has 0 bridgehead atoms. The van der Waals surface area contributed by atoms with E-state index in [0.717, 1.165) is 56.2 Å². The lowest BCUT2D eigenvalue weighted by Crippen LogP contribution is -2.46. The highest BCUT2D eigenvalue weighted by Crippen LogP contribution is 2.38. The van der Waals surface area contributed by atoms with Gasteiger partial charge in [0.1, 0.15) is 11.5 Å². The predicted molar refractivity (Wildman–Crippen MR) is 134 cm³/mol. The average molecular weight is 468 g/mol. The highest BCUT2D eigenvalue weighted by atomic mass is 32.2. The zero-order chi connectivity index (χ0) is 23.3. The molecule has 1 aliphatic heterocycles. The second kappa shape index (κ2) is 8.33. The van der Waals surface area contributed by atoms with E-state index in [2.05, 4.69) is 45.7 Å². The van der Waals surface area contributed by atoms with Crippen LogP contribution < -0.4 is 15.1 Å². The van der Waals surface area contributed by atoms with Gasteiger partial charge in [0, 0.05) is 61.3 Å². The van der Waals surface area contributed by atoms with E-state index in [1.165, 1.54) is 22.9 Å². The van der Waals surface area contributed by atoms with Crippen LogP contribution in [0.3, 0.4) is 0 Å². The minimum Gasteiger partial charge on any atom is -0.368 e. The monoisotopic (exact) mass is 467 g/mol. The van der Waals surface area contributed by atoms with E-state index in [1.807, 2.05) is 19.2 Å². The third-order valence-electron chi connectivity index (χ3n) is 7.52. The fourth-order valence-corrected chi connectivity index (χ4v) is 5.83. The number of rotatable bonds is 5. The van der Waals surface area contributed by atoms with Crippen molar-refractivity contribution in [1.29, 1.82) is 0 Å². The molecule has 7 nitrogen and oxygen atoms in total. The highest BCUT2D eigenvalue weighted by Gasteiger charge is 2.32. The van der Waals surface area contributed by atoms with Crippen molar-refractivity contribution in [2.75, 3.05) is 49.3 Å². The maximum absolute atomic E-state index is 11.7. The summed E-state index contributed by atoms with van der Waals surface area (Å²) in [6, 6.07) is 12.7. The number of fused-ring (bicyclic) bond motifs is 1. The summed E-state index contributed by atoms with van der Waals surface area (Å²) in [4.78, 5) is 10.2. The standard InChI is InChI=1S/C25H33N5O2S/c1-17-18(2)30(21-15-19(16-21)26-3)25-23(17)9-10-24(27-25)29-13-11-28(12-14-29)20-5-7-22(8-6-20)33(4,31)32/h5-10,19,21,26H,11-16H2,1-4H3. The van der Waals surface area contributed by atoms with Gasteiger partial charge in [0.25, 0.3) is 0 Å².